The zero-order valence-corrected chi connectivity index (χ0v) is 10.4. The van der Waals surface area contributed by atoms with Gasteiger partial charge in [0.05, 0.1) is 16.6 Å². The number of aromatic nitrogens is 2. The Kier molecular flexibility index (Phi) is 3.49. The van der Waals surface area contributed by atoms with Gasteiger partial charge in [0.15, 0.2) is 5.82 Å². The maximum atomic E-state index is 8.77. The van der Waals surface area contributed by atoms with E-state index in [9.17, 15) is 0 Å². The zero-order chi connectivity index (χ0) is 11.4. The van der Waals surface area contributed by atoms with E-state index >= 15 is 0 Å². The van der Waals surface area contributed by atoms with Crippen molar-refractivity contribution in [1.29, 1.82) is 5.26 Å². The number of nitrogens with zero attached hydrogens (tertiary/aromatic N) is 3. The van der Waals surface area contributed by atoms with E-state index in [1.54, 1.807) is 0 Å². The SMILES string of the molecule is CCCNc1nsnc1-c1ccc(C#N)s1. The lowest BCUT2D eigenvalue weighted by Crippen LogP contribution is -2.00. The Labute approximate surface area is 102 Å². The van der Waals surface area contributed by atoms with E-state index in [2.05, 4.69) is 27.1 Å². The molecular weight excluding hydrogens is 240 g/mol. The van der Waals surface area contributed by atoms with Gasteiger partial charge in [-0.3, -0.25) is 0 Å². The Balaban J connectivity index is 2.26. The molecule has 0 aliphatic rings. The minimum atomic E-state index is 0.699. The van der Waals surface area contributed by atoms with E-state index in [1.165, 1.54) is 23.1 Å². The number of nitrogens with one attached hydrogen (secondary N) is 1. The third kappa shape index (κ3) is 2.21. The fourth-order valence-electron chi connectivity index (χ4n) is 1.23. The molecule has 0 aromatic carbocycles. The molecule has 1 N–H and O–H groups in total. The summed E-state index contributed by atoms with van der Waals surface area (Å²) in [7, 11) is 0. The molecule has 2 aromatic heterocycles. The van der Waals surface area contributed by atoms with Crippen LogP contribution in [0.2, 0.25) is 0 Å². The summed E-state index contributed by atoms with van der Waals surface area (Å²) in [6.07, 6.45) is 1.05. The van der Waals surface area contributed by atoms with Crippen molar-refractivity contribution >= 4 is 28.9 Å². The summed E-state index contributed by atoms with van der Waals surface area (Å²) in [5.74, 6) is 0.818. The maximum Gasteiger partial charge on any atom is 0.168 e. The highest BCUT2D eigenvalue weighted by molar-refractivity contribution is 7.16. The first kappa shape index (κ1) is 11.0. The van der Waals surface area contributed by atoms with Gasteiger partial charge in [-0.05, 0) is 18.6 Å². The minimum absolute atomic E-state index is 0.699. The van der Waals surface area contributed by atoms with Crippen molar-refractivity contribution in [3.8, 4) is 16.6 Å². The second kappa shape index (κ2) is 5.05. The van der Waals surface area contributed by atoms with Crippen molar-refractivity contribution in [3.05, 3.63) is 17.0 Å². The van der Waals surface area contributed by atoms with Gasteiger partial charge in [0.1, 0.15) is 16.6 Å². The highest BCUT2D eigenvalue weighted by Gasteiger charge is 2.12. The molecule has 0 spiro atoms. The molecule has 0 unspecified atom stereocenters. The van der Waals surface area contributed by atoms with Gasteiger partial charge in [0, 0.05) is 6.54 Å². The Morgan fingerprint density at radius 1 is 1.44 bits per heavy atom. The first-order valence-corrected chi connectivity index (χ1v) is 6.46. The van der Waals surface area contributed by atoms with Gasteiger partial charge in [0.25, 0.3) is 0 Å². The number of thiophene rings is 1. The lowest BCUT2D eigenvalue weighted by Gasteiger charge is -2.00. The molecule has 0 radical (unpaired) electrons. The minimum Gasteiger partial charge on any atom is -0.367 e. The van der Waals surface area contributed by atoms with Crippen LogP contribution in [0.3, 0.4) is 0 Å². The van der Waals surface area contributed by atoms with Gasteiger partial charge >= 0.3 is 0 Å². The quantitative estimate of drug-likeness (QED) is 0.906. The molecule has 0 aliphatic carbocycles. The lowest BCUT2D eigenvalue weighted by atomic mass is 10.3. The van der Waals surface area contributed by atoms with Crippen molar-refractivity contribution in [2.45, 2.75) is 13.3 Å². The molecule has 82 valence electrons. The molecule has 4 nitrogen and oxygen atoms in total. The van der Waals surface area contributed by atoms with Crippen molar-refractivity contribution in [1.82, 2.24) is 8.75 Å². The Bertz CT molecular complexity index is 509. The van der Waals surface area contributed by atoms with E-state index < -0.39 is 0 Å². The first-order valence-electron chi connectivity index (χ1n) is 4.92. The zero-order valence-electron chi connectivity index (χ0n) is 8.73. The van der Waals surface area contributed by atoms with Crippen LogP contribution in [0.15, 0.2) is 12.1 Å². The highest BCUT2D eigenvalue weighted by atomic mass is 32.1. The van der Waals surface area contributed by atoms with Gasteiger partial charge in [0.2, 0.25) is 0 Å². The fraction of sp³-hybridized carbons (Fsp3) is 0.300. The van der Waals surface area contributed by atoms with Crippen molar-refractivity contribution in [3.63, 3.8) is 0 Å². The molecule has 0 saturated carbocycles. The van der Waals surface area contributed by atoms with E-state index in [4.69, 9.17) is 5.26 Å². The molecule has 0 bridgehead atoms. The summed E-state index contributed by atoms with van der Waals surface area (Å²) in [5.41, 5.74) is 0.852. The molecular formula is C10H10N4S2. The predicted molar refractivity (Wildman–Crippen MR) is 66.7 cm³/mol. The van der Waals surface area contributed by atoms with Crippen molar-refractivity contribution < 1.29 is 0 Å². The molecule has 0 amide bonds. The van der Waals surface area contributed by atoms with Crippen LogP contribution in [0.25, 0.3) is 10.6 Å². The van der Waals surface area contributed by atoms with Crippen LogP contribution in [0.1, 0.15) is 18.2 Å². The van der Waals surface area contributed by atoms with Crippen LogP contribution in [-0.4, -0.2) is 15.3 Å². The third-order valence-electron chi connectivity index (χ3n) is 1.98. The number of hydrogen-bond donors (Lipinski definition) is 1. The smallest absolute Gasteiger partial charge is 0.168 e. The fourth-order valence-corrected chi connectivity index (χ4v) is 2.63. The maximum absolute atomic E-state index is 8.77. The average Bonchev–Trinajstić information content (AvgIpc) is 2.94. The summed E-state index contributed by atoms with van der Waals surface area (Å²) >= 11 is 2.63. The topological polar surface area (TPSA) is 61.6 Å². The Hall–Kier alpha value is -1.45. The van der Waals surface area contributed by atoms with E-state index in [1.807, 2.05) is 12.1 Å². The summed E-state index contributed by atoms with van der Waals surface area (Å²) in [4.78, 5) is 1.69. The molecule has 6 heteroatoms. The predicted octanol–water partition coefficient (Wildman–Crippen LogP) is 2.96. The van der Waals surface area contributed by atoms with Crippen LogP contribution < -0.4 is 5.32 Å². The van der Waals surface area contributed by atoms with Gasteiger partial charge in [-0.2, -0.15) is 14.0 Å². The summed E-state index contributed by atoms with van der Waals surface area (Å²) in [6.45, 7) is 2.99. The summed E-state index contributed by atoms with van der Waals surface area (Å²) in [6, 6.07) is 5.85. The van der Waals surface area contributed by atoms with Crippen molar-refractivity contribution in [2.24, 2.45) is 0 Å². The van der Waals surface area contributed by atoms with Crippen LogP contribution in [0.4, 0.5) is 5.82 Å². The van der Waals surface area contributed by atoms with Crippen LogP contribution in [0.5, 0.6) is 0 Å². The average molecular weight is 250 g/mol. The van der Waals surface area contributed by atoms with E-state index in [-0.39, 0.29) is 0 Å². The normalized spacial score (nSPS) is 10.0. The monoisotopic (exact) mass is 250 g/mol. The van der Waals surface area contributed by atoms with E-state index in [0.717, 1.165) is 29.4 Å². The summed E-state index contributed by atoms with van der Waals surface area (Å²) in [5, 5.41) is 12.0. The molecule has 0 saturated heterocycles. The van der Waals surface area contributed by atoms with Crippen LogP contribution >= 0.6 is 23.1 Å². The van der Waals surface area contributed by atoms with Gasteiger partial charge in [-0.1, -0.05) is 6.92 Å². The van der Waals surface area contributed by atoms with Crippen LogP contribution in [-0.2, 0) is 0 Å². The third-order valence-corrected chi connectivity index (χ3v) is 3.51. The molecule has 2 heterocycles. The number of nitriles is 1. The Morgan fingerprint density at radius 2 is 2.31 bits per heavy atom. The first-order chi connectivity index (χ1) is 7.85. The lowest BCUT2D eigenvalue weighted by molar-refractivity contribution is 0.974. The number of rotatable bonds is 4. The second-order valence-electron chi connectivity index (χ2n) is 3.16. The largest absolute Gasteiger partial charge is 0.367 e. The number of anilines is 1. The molecule has 0 fully saturated rings. The van der Waals surface area contributed by atoms with Gasteiger partial charge in [-0.25, -0.2) is 0 Å². The number of hydrogen-bond acceptors (Lipinski definition) is 6. The molecule has 16 heavy (non-hydrogen) atoms. The molecule has 2 rings (SSSR count). The van der Waals surface area contributed by atoms with Gasteiger partial charge < -0.3 is 5.32 Å². The van der Waals surface area contributed by atoms with E-state index in [0.29, 0.717) is 4.88 Å². The second-order valence-corrected chi connectivity index (χ2v) is 4.78. The molecule has 0 atom stereocenters. The Morgan fingerprint density at radius 3 is 3.00 bits per heavy atom. The molecule has 0 aliphatic heterocycles. The van der Waals surface area contributed by atoms with Crippen LogP contribution in [0, 0.1) is 11.3 Å². The standard InChI is InChI=1S/C10H10N4S2/c1-2-5-12-10-9(13-16-14-10)8-4-3-7(6-11)15-8/h3-4H,2,5H2,1H3,(H,12,14). The summed E-state index contributed by atoms with van der Waals surface area (Å²) < 4.78 is 8.46. The van der Waals surface area contributed by atoms with Crippen molar-refractivity contribution in [2.75, 3.05) is 11.9 Å². The molecule has 2 aromatic rings. The van der Waals surface area contributed by atoms with Gasteiger partial charge in [-0.15, -0.1) is 11.3 Å². The highest BCUT2D eigenvalue weighted by Crippen LogP contribution is 2.31.